The number of para-hydroxylation sites is 2. The van der Waals surface area contributed by atoms with Gasteiger partial charge in [-0.1, -0.05) is 29.8 Å². The van der Waals surface area contributed by atoms with Gasteiger partial charge in [-0.25, -0.2) is 4.79 Å². The number of rotatable bonds is 4. The van der Waals surface area contributed by atoms with Crippen LogP contribution in [0.2, 0.25) is 0 Å². The number of nitrogens with one attached hydrogen (secondary N) is 1. The molecule has 1 heterocycles. The van der Waals surface area contributed by atoms with Gasteiger partial charge in [0.15, 0.2) is 18.1 Å². The number of hydrogen-bond donors (Lipinski definition) is 1. The second-order valence-corrected chi connectivity index (χ2v) is 5.84. The van der Waals surface area contributed by atoms with Crippen LogP contribution in [0.3, 0.4) is 0 Å². The Bertz CT molecular complexity index is 802. The zero-order valence-corrected chi connectivity index (χ0v) is 14.1. The SMILES string of the molecule is Cc1ccc(NC(=O)COC(=O)[C@@H]2COc3ccccc3O2)c(C)c1. The van der Waals surface area contributed by atoms with Crippen molar-refractivity contribution in [2.45, 2.75) is 20.0 Å². The minimum atomic E-state index is -0.885. The molecule has 1 amide bonds. The minimum Gasteiger partial charge on any atom is -0.485 e. The number of benzene rings is 2. The van der Waals surface area contributed by atoms with Crippen LogP contribution in [0.25, 0.3) is 0 Å². The maximum absolute atomic E-state index is 12.1. The highest BCUT2D eigenvalue weighted by Crippen LogP contribution is 2.31. The van der Waals surface area contributed by atoms with Crippen LogP contribution in [0.5, 0.6) is 11.5 Å². The summed E-state index contributed by atoms with van der Waals surface area (Å²) in [6.45, 7) is 3.55. The number of amides is 1. The van der Waals surface area contributed by atoms with E-state index in [1.54, 1.807) is 18.2 Å². The lowest BCUT2D eigenvalue weighted by Crippen LogP contribution is -2.39. The minimum absolute atomic E-state index is 0.0501. The van der Waals surface area contributed by atoms with Crippen molar-refractivity contribution in [2.24, 2.45) is 0 Å². The van der Waals surface area contributed by atoms with Gasteiger partial charge in [-0.2, -0.15) is 0 Å². The fourth-order valence-corrected chi connectivity index (χ4v) is 2.51. The molecule has 0 radical (unpaired) electrons. The van der Waals surface area contributed by atoms with Crippen molar-refractivity contribution in [3.63, 3.8) is 0 Å². The lowest BCUT2D eigenvalue weighted by molar-refractivity contribution is -0.156. The number of esters is 1. The maximum Gasteiger partial charge on any atom is 0.351 e. The molecule has 0 fully saturated rings. The summed E-state index contributed by atoms with van der Waals surface area (Å²) in [7, 11) is 0. The average molecular weight is 341 g/mol. The van der Waals surface area contributed by atoms with Gasteiger partial charge < -0.3 is 19.5 Å². The second kappa shape index (κ2) is 7.25. The first-order valence-electron chi connectivity index (χ1n) is 7.95. The number of carbonyl (C=O) groups is 2. The van der Waals surface area contributed by atoms with Crippen LogP contribution in [0.1, 0.15) is 11.1 Å². The number of hydrogen-bond acceptors (Lipinski definition) is 5. The monoisotopic (exact) mass is 341 g/mol. The maximum atomic E-state index is 12.1. The zero-order chi connectivity index (χ0) is 17.8. The summed E-state index contributed by atoms with van der Waals surface area (Å²) in [5.74, 6) is 0.0253. The molecule has 6 heteroatoms. The van der Waals surface area contributed by atoms with Gasteiger partial charge in [-0.05, 0) is 37.6 Å². The van der Waals surface area contributed by atoms with E-state index in [9.17, 15) is 9.59 Å². The summed E-state index contributed by atoms with van der Waals surface area (Å²) < 4.78 is 16.0. The first kappa shape index (κ1) is 16.8. The number of fused-ring (bicyclic) bond motifs is 1. The molecule has 1 aliphatic heterocycles. The molecular formula is C19H19NO5. The number of carbonyl (C=O) groups excluding carboxylic acids is 2. The Kier molecular flexibility index (Phi) is 4.88. The molecule has 0 bridgehead atoms. The van der Waals surface area contributed by atoms with E-state index in [-0.39, 0.29) is 13.2 Å². The van der Waals surface area contributed by atoms with Crippen LogP contribution >= 0.6 is 0 Å². The van der Waals surface area contributed by atoms with Crippen LogP contribution in [0, 0.1) is 13.8 Å². The van der Waals surface area contributed by atoms with Gasteiger partial charge in [-0.15, -0.1) is 0 Å². The van der Waals surface area contributed by atoms with Gasteiger partial charge in [0.1, 0.15) is 6.61 Å². The highest BCUT2D eigenvalue weighted by molar-refractivity contribution is 5.93. The lowest BCUT2D eigenvalue weighted by Gasteiger charge is -2.24. The Labute approximate surface area is 145 Å². The molecule has 0 spiro atoms. The molecule has 0 unspecified atom stereocenters. The predicted octanol–water partition coefficient (Wildman–Crippen LogP) is 2.63. The molecule has 2 aromatic rings. The normalized spacial score (nSPS) is 15.4. The molecular weight excluding hydrogens is 322 g/mol. The molecule has 6 nitrogen and oxygen atoms in total. The summed E-state index contributed by atoms with van der Waals surface area (Å²) in [6.07, 6.45) is -0.885. The third-order valence-corrected chi connectivity index (χ3v) is 3.77. The highest BCUT2D eigenvalue weighted by atomic mass is 16.6. The first-order valence-corrected chi connectivity index (χ1v) is 7.95. The quantitative estimate of drug-likeness (QED) is 0.866. The van der Waals surface area contributed by atoms with E-state index in [2.05, 4.69) is 5.32 Å². The van der Waals surface area contributed by atoms with E-state index < -0.39 is 18.0 Å². The van der Waals surface area contributed by atoms with Crippen molar-refractivity contribution in [2.75, 3.05) is 18.5 Å². The summed E-state index contributed by atoms with van der Waals surface area (Å²) >= 11 is 0. The van der Waals surface area contributed by atoms with Crippen molar-refractivity contribution in [3.05, 3.63) is 53.6 Å². The molecule has 0 aromatic heterocycles. The number of anilines is 1. The first-order chi connectivity index (χ1) is 12.0. The smallest absolute Gasteiger partial charge is 0.351 e. The number of aryl methyl sites for hydroxylation is 2. The van der Waals surface area contributed by atoms with Crippen molar-refractivity contribution >= 4 is 17.6 Å². The summed E-state index contributed by atoms with van der Waals surface area (Å²) in [5.41, 5.74) is 2.75. The van der Waals surface area contributed by atoms with E-state index >= 15 is 0 Å². The Morgan fingerprint density at radius 1 is 1.16 bits per heavy atom. The van der Waals surface area contributed by atoms with Gasteiger partial charge in [0.25, 0.3) is 5.91 Å². The summed E-state index contributed by atoms with van der Waals surface area (Å²) in [6, 6.07) is 12.8. The average Bonchev–Trinajstić information content (AvgIpc) is 2.61. The molecule has 130 valence electrons. The largest absolute Gasteiger partial charge is 0.485 e. The Hall–Kier alpha value is -3.02. The van der Waals surface area contributed by atoms with Crippen molar-refractivity contribution in [3.8, 4) is 11.5 Å². The Morgan fingerprint density at radius 3 is 2.68 bits per heavy atom. The fourth-order valence-electron chi connectivity index (χ4n) is 2.51. The van der Waals surface area contributed by atoms with Gasteiger partial charge in [0, 0.05) is 5.69 Å². The van der Waals surface area contributed by atoms with E-state index in [4.69, 9.17) is 14.2 Å². The fraction of sp³-hybridized carbons (Fsp3) is 0.263. The van der Waals surface area contributed by atoms with Crippen molar-refractivity contribution < 1.29 is 23.8 Å². The molecule has 1 N–H and O–H groups in total. The molecule has 1 atom stereocenters. The van der Waals surface area contributed by atoms with E-state index in [0.29, 0.717) is 17.2 Å². The van der Waals surface area contributed by atoms with E-state index in [0.717, 1.165) is 11.1 Å². The highest BCUT2D eigenvalue weighted by Gasteiger charge is 2.29. The molecule has 0 aliphatic carbocycles. The topological polar surface area (TPSA) is 73.9 Å². The Morgan fingerprint density at radius 2 is 1.92 bits per heavy atom. The summed E-state index contributed by atoms with van der Waals surface area (Å²) in [4.78, 5) is 24.0. The van der Waals surface area contributed by atoms with E-state index in [1.165, 1.54) is 0 Å². The van der Waals surface area contributed by atoms with Crippen LogP contribution in [0.15, 0.2) is 42.5 Å². The third-order valence-electron chi connectivity index (χ3n) is 3.77. The van der Waals surface area contributed by atoms with Crippen LogP contribution in [-0.4, -0.2) is 31.2 Å². The zero-order valence-electron chi connectivity index (χ0n) is 14.1. The van der Waals surface area contributed by atoms with Crippen LogP contribution in [-0.2, 0) is 14.3 Å². The number of ether oxygens (including phenoxy) is 3. The molecule has 25 heavy (non-hydrogen) atoms. The molecule has 0 saturated carbocycles. The second-order valence-electron chi connectivity index (χ2n) is 5.84. The standard InChI is InChI=1S/C19H19NO5/c1-12-7-8-14(13(2)9-12)20-18(21)11-24-19(22)17-10-23-15-5-3-4-6-16(15)25-17/h3-9,17H,10-11H2,1-2H3,(H,20,21)/t17-/m0/s1. The van der Waals surface area contributed by atoms with Crippen molar-refractivity contribution in [1.29, 1.82) is 0 Å². The van der Waals surface area contributed by atoms with Crippen LogP contribution < -0.4 is 14.8 Å². The molecule has 2 aromatic carbocycles. The van der Waals surface area contributed by atoms with Crippen molar-refractivity contribution in [1.82, 2.24) is 0 Å². The molecule has 0 saturated heterocycles. The van der Waals surface area contributed by atoms with Gasteiger partial charge in [-0.3, -0.25) is 4.79 Å². The van der Waals surface area contributed by atoms with Gasteiger partial charge >= 0.3 is 5.97 Å². The predicted molar refractivity (Wildman–Crippen MR) is 91.9 cm³/mol. The molecule has 1 aliphatic rings. The van der Waals surface area contributed by atoms with Crippen LogP contribution in [0.4, 0.5) is 5.69 Å². The molecule has 3 rings (SSSR count). The van der Waals surface area contributed by atoms with E-state index in [1.807, 2.05) is 38.1 Å². The third kappa shape index (κ3) is 4.09. The van der Waals surface area contributed by atoms with Gasteiger partial charge in [0.2, 0.25) is 6.10 Å². The lowest BCUT2D eigenvalue weighted by atomic mass is 10.1. The van der Waals surface area contributed by atoms with Gasteiger partial charge in [0.05, 0.1) is 0 Å². The Balaban J connectivity index is 1.51. The summed E-state index contributed by atoms with van der Waals surface area (Å²) in [5, 5.41) is 2.72.